The zero-order chi connectivity index (χ0) is 13.7. The van der Waals surface area contributed by atoms with Gasteiger partial charge in [-0.2, -0.15) is 5.10 Å². The number of nitrogens with zero attached hydrogens (tertiary/aromatic N) is 1. The predicted molar refractivity (Wildman–Crippen MR) is 74.9 cm³/mol. The smallest absolute Gasteiger partial charge is 0.119 e. The van der Waals surface area contributed by atoms with Gasteiger partial charge in [-0.3, -0.25) is 5.10 Å². The van der Waals surface area contributed by atoms with E-state index in [1.54, 1.807) is 0 Å². The van der Waals surface area contributed by atoms with Gasteiger partial charge in [-0.15, -0.1) is 0 Å². The molecule has 0 atom stereocenters. The van der Waals surface area contributed by atoms with Crippen molar-refractivity contribution < 1.29 is 9.84 Å². The summed E-state index contributed by atoms with van der Waals surface area (Å²) in [5.41, 5.74) is 2.55. The van der Waals surface area contributed by atoms with Crippen molar-refractivity contribution in [1.29, 1.82) is 0 Å². The molecule has 0 amide bonds. The van der Waals surface area contributed by atoms with Gasteiger partial charge in [-0.1, -0.05) is 13.8 Å². The van der Waals surface area contributed by atoms with E-state index in [9.17, 15) is 0 Å². The van der Waals surface area contributed by atoms with Crippen LogP contribution in [0.1, 0.15) is 26.0 Å². The second-order valence-corrected chi connectivity index (χ2v) is 4.99. The number of aromatic nitrogens is 2. The average molecular weight is 260 g/mol. The topological polar surface area (TPSA) is 58.1 Å². The Balaban J connectivity index is 1.97. The third-order valence-corrected chi connectivity index (χ3v) is 2.92. The molecule has 1 heterocycles. The number of hydrogen-bond acceptors (Lipinski definition) is 3. The first kappa shape index (κ1) is 13.6. The summed E-state index contributed by atoms with van der Waals surface area (Å²) in [6.07, 6.45) is 1.06. The van der Waals surface area contributed by atoms with Crippen molar-refractivity contribution in [3.8, 4) is 17.0 Å². The summed E-state index contributed by atoms with van der Waals surface area (Å²) in [7, 11) is 0. The van der Waals surface area contributed by atoms with Crippen LogP contribution in [0.5, 0.6) is 5.75 Å². The Morgan fingerprint density at radius 2 is 2.00 bits per heavy atom. The average Bonchev–Trinajstić information content (AvgIpc) is 2.88. The van der Waals surface area contributed by atoms with Crippen LogP contribution in [-0.2, 0) is 6.61 Å². The monoisotopic (exact) mass is 260 g/mol. The Morgan fingerprint density at radius 1 is 1.26 bits per heavy atom. The molecule has 0 aliphatic carbocycles. The third kappa shape index (κ3) is 3.83. The first-order valence-corrected chi connectivity index (χ1v) is 6.57. The predicted octanol–water partition coefficient (Wildman–Crippen LogP) is 2.99. The zero-order valence-electron chi connectivity index (χ0n) is 11.4. The van der Waals surface area contributed by atoms with Crippen molar-refractivity contribution >= 4 is 0 Å². The fourth-order valence-electron chi connectivity index (χ4n) is 1.72. The fourth-order valence-corrected chi connectivity index (χ4v) is 1.72. The molecule has 0 spiro atoms. The number of nitrogens with one attached hydrogen (secondary N) is 1. The molecule has 4 nitrogen and oxygen atoms in total. The van der Waals surface area contributed by atoms with E-state index in [-0.39, 0.29) is 6.61 Å². The summed E-state index contributed by atoms with van der Waals surface area (Å²) in [6.45, 7) is 5.09. The maximum absolute atomic E-state index is 8.99. The summed E-state index contributed by atoms with van der Waals surface area (Å²) in [4.78, 5) is 0. The molecule has 1 aromatic carbocycles. The molecule has 0 bridgehead atoms. The van der Waals surface area contributed by atoms with Crippen LogP contribution in [0.2, 0.25) is 0 Å². The minimum atomic E-state index is -0.0244. The zero-order valence-corrected chi connectivity index (χ0v) is 11.4. The van der Waals surface area contributed by atoms with Gasteiger partial charge < -0.3 is 9.84 Å². The van der Waals surface area contributed by atoms with Crippen molar-refractivity contribution in [3.63, 3.8) is 0 Å². The summed E-state index contributed by atoms with van der Waals surface area (Å²) in [6, 6.07) is 9.69. The number of benzene rings is 1. The second kappa shape index (κ2) is 6.38. The lowest BCUT2D eigenvalue weighted by atomic mass is 10.1. The molecule has 19 heavy (non-hydrogen) atoms. The van der Waals surface area contributed by atoms with Crippen LogP contribution in [0.25, 0.3) is 11.3 Å². The highest BCUT2D eigenvalue weighted by Crippen LogP contribution is 2.21. The second-order valence-electron chi connectivity index (χ2n) is 4.99. The number of aliphatic hydroxyl groups excluding tert-OH is 1. The van der Waals surface area contributed by atoms with Crippen molar-refractivity contribution in [2.24, 2.45) is 5.92 Å². The molecule has 0 unspecified atom stereocenters. The van der Waals surface area contributed by atoms with E-state index in [2.05, 4.69) is 24.0 Å². The molecule has 2 rings (SSSR count). The van der Waals surface area contributed by atoms with Gasteiger partial charge in [-0.05, 0) is 42.7 Å². The van der Waals surface area contributed by atoms with Gasteiger partial charge in [0.15, 0.2) is 0 Å². The highest BCUT2D eigenvalue weighted by molar-refractivity contribution is 5.60. The van der Waals surface area contributed by atoms with E-state index in [1.165, 1.54) is 0 Å². The molecule has 4 heteroatoms. The Bertz CT molecular complexity index is 503. The minimum absolute atomic E-state index is 0.0244. The summed E-state index contributed by atoms with van der Waals surface area (Å²) >= 11 is 0. The van der Waals surface area contributed by atoms with Gasteiger partial charge in [0.2, 0.25) is 0 Å². The quantitative estimate of drug-likeness (QED) is 0.839. The van der Waals surface area contributed by atoms with E-state index in [0.29, 0.717) is 11.6 Å². The maximum Gasteiger partial charge on any atom is 0.119 e. The van der Waals surface area contributed by atoms with E-state index < -0.39 is 0 Å². The normalized spacial score (nSPS) is 10.9. The van der Waals surface area contributed by atoms with Crippen molar-refractivity contribution in [2.75, 3.05) is 6.61 Å². The van der Waals surface area contributed by atoms with Crippen LogP contribution in [0.4, 0.5) is 0 Å². The van der Waals surface area contributed by atoms with Gasteiger partial charge >= 0.3 is 0 Å². The molecule has 0 radical (unpaired) electrons. The van der Waals surface area contributed by atoms with Crippen molar-refractivity contribution in [2.45, 2.75) is 26.9 Å². The molecular weight excluding hydrogens is 240 g/mol. The van der Waals surface area contributed by atoms with E-state index in [0.717, 1.165) is 30.0 Å². The SMILES string of the molecule is CC(C)CCOc1ccc(-c2cc(CO)[nH]n2)cc1. The van der Waals surface area contributed by atoms with Crippen molar-refractivity contribution in [1.82, 2.24) is 10.2 Å². The van der Waals surface area contributed by atoms with E-state index >= 15 is 0 Å². The van der Waals surface area contributed by atoms with E-state index in [1.807, 2.05) is 30.3 Å². The molecular formula is C15H20N2O2. The van der Waals surface area contributed by atoms with Crippen LogP contribution in [0.3, 0.4) is 0 Å². The molecule has 0 fully saturated rings. The molecule has 0 aliphatic rings. The van der Waals surface area contributed by atoms with Crippen LogP contribution in [0.15, 0.2) is 30.3 Å². The lowest BCUT2D eigenvalue weighted by Gasteiger charge is -2.08. The van der Waals surface area contributed by atoms with Gasteiger partial charge in [0.1, 0.15) is 5.75 Å². The van der Waals surface area contributed by atoms with Gasteiger partial charge in [-0.25, -0.2) is 0 Å². The molecule has 0 saturated heterocycles. The number of hydrogen-bond donors (Lipinski definition) is 2. The summed E-state index contributed by atoms with van der Waals surface area (Å²) in [5, 5.41) is 15.9. The first-order valence-electron chi connectivity index (χ1n) is 6.57. The fraction of sp³-hybridized carbons (Fsp3) is 0.400. The molecule has 1 aromatic heterocycles. The third-order valence-electron chi connectivity index (χ3n) is 2.92. The van der Waals surface area contributed by atoms with Gasteiger partial charge in [0.05, 0.1) is 24.6 Å². The molecule has 102 valence electrons. The number of aromatic amines is 1. The number of H-pyrrole nitrogens is 1. The Hall–Kier alpha value is -1.81. The van der Waals surface area contributed by atoms with E-state index in [4.69, 9.17) is 9.84 Å². The number of aliphatic hydroxyl groups is 1. The number of rotatable bonds is 6. The molecule has 2 aromatic rings. The van der Waals surface area contributed by atoms with Gasteiger partial charge in [0.25, 0.3) is 0 Å². The molecule has 0 aliphatic heterocycles. The standard InChI is InChI=1S/C15H20N2O2/c1-11(2)7-8-19-14-5-3-12(4-6-14)15-9-13(10-18)16-17-15/h3-6,9,11,18H,7-8,10H2,1-2H3,(H,16,17). The minimum Gasteiger partial charge on any atom is -0.494 e. The first-order chi connectivity index (χ1) is 9.19. The van der Waals surface area contributed by atoms with Crippen LogP contribution in [-0.4, -0.2) is 21.9 Å². The van der Waals surface area contributed by atoms with Crippen LogP contribution in [0, 0.1) is 5.92 Å². The lowest BCUT2D eigenvalue weighted by molar-refractivity contribution is 0.276. The number of ether oxygens (including phenoxy) is 1. The Morgan fingerprint density at radius 3 is 2.58 bits per heavy atom. The molecule has 0 saturated carbocycles. The summed E-state index contributed by atoms with van der Waals surface area (Å²) in [5.74, 6) is 1.53. The van der Waals surface area contributed by atoms with Crippen molar-refractivity contribution in [3.05, 3.63) is 36.0 Å². The Labute approximate surface area is 113 Å². The maximum atomic E-state index is 8.99. The summed E-state index contributed by atoms with van der Waals surface area (Å²) < 4.78 is 5.67. The van der Waals surface area contributed by atoms with Crippen LogP contribution < -0.4 is 4.74 Å². The highest BCUT2D eigenvalue weighted by atomic mass is 16.5. The van der Waals surface area contributed by atoms with Crippen LogP contribution >= 0.6 is 0 Å². The lowest BCUT2D eigenvalue weighted by Crippen LogP contribution is -2.01. The highest BCUT2D eigenvalue weighted by Gasteiger charge is 2.04. The van der Waals surface area contributed by atoms with Gasteiger partial charge in [0, 0.05) is 5.56 Å². The Kier molecular flexibility index (Phi) is 4.58. The molecule has 2 N–H and O–H groups in total. The largest absolute Gasteiger partial charge is 0.494 e.